The molecule has 2 nitrogen and oxygen atoms in total. The van der Waals surface area contributed by atoms with Crippen LogP contribution in [-0.2, 0) is 6.54 Å². The van der Waals surface area contributed by atoms with Crippen molar-refractivity contribution in [3.05, 3.63) is 35.9 Å². The Morgan fingerprint density at radius 2 is 2.07 bits per heavy atom. The van der Waals surface area contributed by atoms with Crippen molar-refractivity contribution in [2.24, 2.45) is 11.7 Å². The number of nitrogens with zero attached hydrogens (tertiary/aromatic N) is 1. The predicted molar refractivity (Wildman–Crippen MR) is 63.5 cm³/mol. The van der Waals surface area contributed by atoms with Crippen molar-refractivity contribution in [1.82, 2.24) is 4.90 Å². The highest BCUT2D eigenvalue weighted by Gasteiger charge is 2.27. The van der Waals surface area contributed by atoms with E-state index in [0.29, 0.717) is 12.0 Å². The minimum atomic E-state index is 0.679. The van der Waals surface area contributed by atoms with Crippen molar-refractivity contribution in [2.45, 2.75) is 25.9 Å². The van der Waals surface area contributed by atoms with Gasteiger partial charge in [0.05, 0.1) is 0 Å². The molecule has 1 aliphatic rings. The molecule has 15 heavy (non-hydrogen) atoms. The molecule has 0 aliphatic carbocycles. The topological polar surface area (TPSA) is 29.3 Å². The van der Waals surface area contributed by atoms with Crippen LogP contribution in [-0.4, -0.2) is 24.0 Å². The Bertz CT molecular complexity index is 297. The molecule has 0 saturated carbocycles. The standard InChI is InChI=1S/C13H20N2/c1-11-7-13(8-14)10-15(11)9-12-5-3-2-4-6-12/h2-6,11,13H,7-10,14H2,1H3/t11-,13+/m1/s1. The molecule has 1 saturated heterocycles. The SMILES string of the molecule is C[C@@H]1C[C@@H](CN)CN1Cc1ccccc1. The first-order valence-corrected chi connectivity index (χ1v) is 5.77. The van der Waals surface area contributed by atoms with Crippen LogP contribution in [0.4, 0.5) is 0 Å². The number of benzene rings is 1. The van der Waals surface area contributed by atoms with Gasteiger partial charge in [-0.25, -0.2) is 0 Å². The molecule has 2 N–H and O–H groups in total. The fraction of sp³-hybridized carbons (Fsp3) is 0.538. The Balaban J connectivity index is 1.96. The third-order valence-corrected chi connectivity index (χ3v) is 3.35. The number of likely N-dealkylation sites (tertiary alicyclic amines) is 1. The van der Waals surface area contributed by atoms with Crippen LogP contribution in [0.25, 0.3) is 0 Å². The number of hydrogen-bond donors (Lipinski definition) is 1. The maximum absolute atomic E-state index is 5.72. The molecule has 1 aromatic carbocycles. The van der Waals surface area contributed by atoms with Crippen molar-refractivity contribution in [3.8, 4) is 0 Å². The second kappa shape index (κ2) is 4.77. The Kier molecular flexibility index (Phi) is 3.39. The second-order valence-electron chi connectivity index (χ2n) is 4.60. The first-order chi connectivity index (χ1) is 7.29. The molecule has 1 heterocycles. The first-order valence-electron chi connectivity index (χ1n) is 5.77. The second-order valence-corrected chi connectivity index (χ2v) is 4.60. The van der Waals surface area contributed by atoms with Gasteiger partial charge in [0.2, 0.25) is 0 Å². The molecular formula is C13H20N2. The van der Waals surface area contributed by atoms with Gasteiger partial charge in [-0.2, -0.15) is 0 Å². The van der Waals surface area contributed by atoms with E-state index in [1.54, 1.807) is 0 Å². The van der Waals surface area contributed by atoms with E-state index < -0.39 is 0 Å². The monoisotopic (exact) mass is 204 g/mol. The van der Waals surface area contributed by atoms with E-state index >= 15 is 0 Å². The number of nitrogens with two attached hydrogens (primary N) is 1. The summed E-state index contributed by atoms with van der Waals surface area (Å²) in [6.07, 6.45) is 1.25. The minimum Gasteiger partial charge on any atom is -0.330 e. The summed E-state index contributed by atoms with van der Waals surface area (Å²) in [5.74, 6) is 0.698. The first kappa shape index (κ1) is 10.7. The van der Waals surface area contributed by atoms with Gasteiger partial charge in [0, 0.05) is 19.1 Å². The van der Waals surface area contributed by atoms with Crippen LogP contribution >= 0.6 is 0 Å². The van der Waals surface area contributed by atoms with Gasteiger partial charge in [0.1, 0.15) is 0 Å². The molecule has 2 heteroatoms. The van der Waals surface area contributed by atoms with E-state index in [2.05, 4.69) is 42.2 Å². The average molecular weight is 204 g/mol. The lowest BCUT2D eigenvalue weighted by atomic mass is 10.1. The van der Waals surface area contributed by atoms with Gasteiger partial charge in [-0.1, -0.05) is 30.3 Å². The van der Waals surface area contributed by atoms with Crippen LogP contribution in [0.3, 0.4) is 0 Å². The third kappa shape index (κ3) is 2.58. The summed E-state index contributed by atoms with van der Waals surface area (Å²) in [6, 6.07) is 11.4. The molecule has 0 aromatic heterocycles. The zero-order valence-corrected chi connectivity index (χ0v) is 9.39. The van der Waals surface area contributed by atoms with Gasteiger partial charge in [0.15, 0.2) is 0 Å². The van der Waals surface area contributed by atoms with E-state index in [0.717, 1.165) is 19.6 Å². The van der Waals surface area contributed by atoms with Gasteiger partial charge in [0.25, 0.3) is 0 Å². The quantitative estimate of drug-likeness (QED) is 0.814. The van der Waals surface area contributed by atoms with E-state index in [9.17, 15) is 0 Å². The highest BCUT2D eigenvalue weighted by molar-refractivity contribution is 5.14. The van der Waals surface area contributed by atoms with Crippen LogP contribution < -0.4 is 5.73 Å². The molecule has 1 fully saturated rings. The van der Waals surface area contributed by atoms with Gasteiger partial charge in [-0.3, -0.25) is 4.90 Å². The summed E-state index contributed by atoms with van der Waals surface area (Å²) in [4.78, 5) is 2.53. The molecular weight excluding hydrogens is 184 g/mol. The Morgan fingerprint density at radius 1 is 1.33 bits per heavy atom. The molecule has 0 unspecified atom stereocenters. The molecule has 0 spiro atoms. The van der Waals surface area contributed by atoms with Crippen molar-refractivity contribution in [3.63, 3.8) is 0 Å². The average Bonchev–Trinajstić information content (AvgIpc) is 2.61. The molecule has 82 valence electrons. The van der Waals surface area contributed by atoms with E-state index in [1.807, 2.05) is 0 Å². The van der Waals surface area contributed by atoms with Crippen molar-refractivity contribution < 1.29 is 0 Å². The molecule has 0 radical (unpaired) electrons. The lowest BCUT2D eigenvalue weighted by Gasteiger charge is -2.20. The molecule has 1 aliphatic heterocycles. The van der Waals surface area contributed by atoms with Crippen LogP contribution in [0, 0.1) is 5.92 Å². The molecule has 2 rings (SSSR count). The van der Waals surface area contributed by atoms with Crippen LogP contribution in [0.5, 0.6) is 0 Å². The largest absolute Gasteiger partial charge is 0.330 e. The summed E-state index contributed by atoms with van der Waals surface area (Å²) >= 11 is 0. The Labute approximate surface area is 92.1 Å². The summed E-state index contributed by atoms with van der Waals surface area (Å²) < 4.78 is 0. The Morgan fingerprint density at radius 3 is 2.67 bits per heavy atom. The molecule has 1 aromatic rings. The summed E-state index contributed by atoms with van der Waals surface area (Å²) in [6.45, 7) is 5.36. The zero-order valence-electron chi connectivity index (χ0n) is 9.39. The van der Waals surface area contributed by atoms with Crippen molar-refractivity contribution in [1.29, 1.82) is 0 Å². The minimum absolute atomic E-state index is 0.679. The fourth-order valence-corrected chi connectivity index (χ4v) is 2.43. The smallest absolute Gasteiger partial charge is 0.0236 e. The summed E-state index contributed by atoms with van der Waals surface area (Å²) in [5.41, 5.74) is 7.13. The van der Waals surface area contributed by atoms with Crippen LogP contribution in [0.15, 0.2) is 30.3 Å². The lowest BCUT2D eigenvalue weighted by molar-refractivity contribution is 0.256. The van der Waals surface area contributed by atoms with Gasteiger partial charge >= 0.3 is 0 Å². The fourth-order valence-electron chi connectivity index (χ4n) is 2.43. The highest BCUT2D eigenvalue weighted by Crippen LogP contribution is 2.23. The van der Waals surface area contributed by atoms with Crippen molar-refractivity contribution in [2.75, 3.05) is 13.1 Å². The molecule has 0 amide bonds. The van der Waals surface area contributed by atoms with Crippen molar-refractivity contribution >= 4 is 0 Å². The van der Waals surface area contributed by atoms with Gasteiger partial charge < -0.3 is 5.73 Å². The third-order valence-electron chi connectivity index (χ3n) is 3.35. The number of hydrogen-bond acceptors (Lipinski definition) is 2. The zero-order chi connectivity index (χ0) is 10.7. The number of rotatable bonds is 3. The molecule has 2 atom stereocenters. The molecule has 0 bridgehead atoms. The maximum Gasteiger partial charge on any atom is 0.0236 e. The van der Waals surface area contributed by atoms with Gasteiger partial charge in [-0.05, 0) is 31.4 Å². The van der Waals surface area contributed by atoms with E-state index in [4.69, 9.17) is 5.73 Å². The van der Waals surface area contributed by atoms with Gasteiger partial charge in [-0.15, -0.1) is 0 Å². The van der Waals surface area contributed by atoms with Crippen LogP contribution in [0.2, 0.25) is 0 Å². The highest BCUT2D eigenvalue weighted by atomic mass is 15.2. The summed E-state index contributed by atoms with van der Waals surface area (Å²) in [7, 11) is 0. The maximum atomic E-state index is 5.72. The van der Waals surface area contributed by atoms with E-state index in [-0.39, 0.29) is 0 Å². The van der Waals surface area contributed by atoms with E-state index in [1.165, 1.54) is 12.0 Å². The van der Waals surface area contributed by atoms with Crippen LogP contribution in [0.1, 0.15) is 18.9 Å². The normalized spacial score (nSPS) is 27.1. The predicted octanol–water partition coefficient (Wildman–Crippen LogP) is 1.86. The Hall–Kier alpha value is -0.860. The summed E-state index contributed by atoms with van der Waals surface area (Å²) in [5, 5.41) is 0. The lowest BCUT2D eigenvalue weighted by Crippen LogP contribution is -2.27.